The van der Waals surface area contributed by atoms with Gasteiger partial charge in [-0.25, -0.2) is 10.2 Å². The van der Waals surface area contributed by atoms with Crippen LogP contribution in [0.2, 0.25) is 5.02 Å². The van der Waals surface area contributed by atoms with Gasteiger partial charge in [0.15, 0.2) is 0 Å². The number of hydrogen-bond acceptors (Lipinski definition) is 4. The molecule has 0 aliphatic heterocycles. The molecule has 184 valence electrons. The summed E-state index contributed by atoms with van der Waals surface area (Å²) < 4.78 is 5.35. The van der Waals surface area contributed by atoms with Crippen LogP contribution in [0.5, 0.6) is 5.75 Å². The smallest absolute Gasteiger partial charge is 0.343 e. The summed E-state index contributed by atoms with van der Waals surface area (Å²) in [4.78, 5) is 24.1. The van der Waals surface area contributed by atoms with Crippen LogP contribution in [0.1, 0.15) is 99.9 Å². The van der Waals surface area contributed by atoms with Gasteiger partial charge in [0.25, 0.3) is 0 Å². The van der Waals surface area contributed by atoms with Crippen molar-refractivity contribution in [1.82, 2.24) is 5.43 Å². The number of esters is 1. The molecule has 34 heavy (non-hydrogen) atoms. The quantitative estimate of drug-likeness (QED) is 0.0871. The van der Waals surface area contributed by atoms with Crippen LogP contribution in [0.4, 0.5) is 0 Å². The van der Waals surface area contributed by atoms with Gasteiger partial charge in [-0.15, -0.1) is 0 Å². The van der Waals surface area contributed by atoms with E-state index in [0.717, 1.165) is 18.4 Å². The second-order valence-corrected chi connectivity index (χ2v) is 8.98. The first-order valence-electron chi connectivity index (χ1n) is 12.5. The number of ether oxygens (including phenoxy) is 1. The summed E-state index contributed by atoms with van der Waals surface area (Å²) in [6.45, 7) is 2.25. The summed E-state index contributed by atoms with van der Waals surface area (Å²) in [6, 6.07) is 13.5. The lowest BCUT2D eigenvalue weighted by atomic mass is 10.1. The molecule has 0 atom stereocenters. The van der Waals surface area contributed by atoms with Crippen LogP contribution in [-0.4, -0.2) is 18.1 Å². The van der Waals surface area contributed by atoms with Gasteiger partial charge in [-0.3, -0.25) is 4.79 Å². The Balaban J connectivity index is 1.56. The molecule has 0 aromatic heterocycles. The normalized spacial score (nSPS) is 11.0. The maximum atomic E-state index is 12.2. The van der Waals surface area contributed by atoms with Crippen molar-refractivity contribution in [2.24, 2.45) is 5.10 Å². The average Bonchev–Trinajstić information content (AvgIpc) is 2.83. The number of rotatable bonds is 16. The number of benzene rings is 2. The van der Waals surface area contributed by atoms with E-state index in [4.69, 9.17) is 16.3 Å². The summed E-state index contributed by atoms with van der Waals surface area (Å²) in [5, 5.41) is 4.49. The summed E-state index contributed by atoms with van der Waals surface area (Å²) in [5.41, 5.74) is 3.75. The molecule has 2 rings (SSSR count). The summed E-state index contributed by atoms with van der Waals surface area (Å²) >= 11 is 5.91. The standard InChI is InChI=1S/C28H37ClN2O3/c1-2-3-4-5-6-7-8-9-10-11-12-16-27(32)31-30-22-23-17-19-26(20-18-23)34-28(33)24-14-13-15-25(29)21-24/h13-15,17-22H,2-12,16H2,1H3,(H,31,32). The molecule has 2 aromatic rings. The van der Waals surface area contributed by atoms with Gasteiger partial charge in [0.05, 0.1) is 11.8 Å². The first kappa shape index (κ1) is 27.6. The predicted octanol–water partition coefficient (Wildman–Crippen LogP) is 7.71. The van der Waals surface area contributed by atoms with Crippen LogP contribution in [0, 0.1) is 0 Å². The molecule has 1 N–H and O–H groups in total. The molecule has 0 aliphatic rings. The number of nitrogens with zero attached hydrogens (tertiary/aromatic N) is 1. The molecule has 0 unspecified atom stereocenters. The van der Waals surface area contributed by atoms with Crippen LogP contribution in [0.25, 0.3) is 0 Å². The van der Waals surface area contributed by atoms with Gasteiger partial charge in [-0.05, 0) is 54.4 Å². The van der Waals surface area contributed by atoms with E-state index in [9.17, 15) is 9.59 Å². The zero-order valence-corrected chi connectivity index (χ0v) is 21.0. The van der Waals surface area contributed by atoms with Gasteiger partial charge in [0.2, 0.25) is 5.91 Å². The molecule has 5 nitrogen and oxygen atoms in total. The molecule has 0 saturated heterocycles. The Hall–Kier alpha value is -2.66. The number of amides is 1. The Morgan fingerprint density at radius 3 is 2.12 bits per heavy atom. The number of nitrogens with one attached hydrogen (secondary N) is 1. The molecule has 0 fully saturated rings. The van der Waals surface area contributed by atoms with E-state index in [1.54, 1.807) is 54.7 Å². The van der Waals surface area contributed by atoms with Gasteiger partial charge in [-0.2, -0.15) is 5.10 Å². The summed E-state index contributed by atoms with van der Waals surface area (Å²) in [5.74, 6) is -0.125. The fraction of sp³-hybridized carbons (Fsp3) is 0.464. The molecule has 6 heteroatoms. The Morgan fingerprint density at radius 2 is 1.50 bits per heavy atom. The first-order valence-corrected chi connectivity index (χ1v) is 12.9. The van der Waals surface area contributed by atoms with Crippen LogP contribution in [0.15, 0.2) is 53.6 Å². The van der Waals surface area contributed by atoms with E-state index in [-0.39, 0.29) is 5.91 Å². The van der Waals surface area contributed by atoms with Crippen molar-refractivity contribution in [3.8, 4) is 5.75 Å². The van der Waals surface area contributed by atoms with Crippen molar-refractivity contribution in [3.05, 3.63) is 64.7 Å². The molecule has 0 bridgehead atoms. The Bertz CT molecular complexity index is 897. The third-order valence-corrected chi connectivity index (χ3v) is 5.80. The van der Waals surface area contributed by atoms with E-state index in [2.05, 4.69) is 17.5 Å². The largest absolute Gasteiger partial charge is 0.423 e. The van der Waals surface area contributed by atoms with Crippen LogP contribution >= 0.6 is 11.6 Å². The Kier molecular flexibility index (Phi) is 13.7. The van der Waals surface area contributed by atoms with Crippen molar-refractivity contribution in [2.45, 2.75) is 84.0 Å². The minimum Gasteiger partial charge on any atom is -0.423 e. The van der Waals surface area contributed by atoms with Crippen molar-refractivity contribution < 1.29 is 14.3 Å². The predicted molar refractivity (Wildman–Crippen MR) is 140 cm³/mol. The molecule has 0 saturated carbocycles. The lowest BCUT2D eigenvalue weighted by molar-refractivity contribution is -0.121. The molecular weight excluding hydrogens is 448 g/mol. The van der Waals surface area contributed by atoms with E-state index in [0.29, 0.717) is 22.8 Å². The molecule has 0 radical (unpaired) electrons. The number of hydrazone groups is 1. The van der Waals surface area contributed by atoms with Crippen molar-refractivity contribution in [1.29, 1.82) is 0 Å². The third-order valence-electron chi connectivity index (χ3n) is 5.56. The topological polar surface area (TPSA) is 67.8 Å². The number of hydrogen-bond donors (Lipinski definition) is 1. The highest BCUT2D eigenvalue weighted by Gasteiger charge is 2.08. The summed E-state index contributed by atoms with van der Waals surface area (Å²) in [7, 11) is 0. The SMILES string of the molecule is CCCCCCCCCCCCCC(=O)NN=Cc1ccc(OC(=O)c2cccc(Cl)c2)cc1. The minimum atomic E-state index is -0.474. The third kappa shape index (κ3) is 12.0. The lowest BCUT2D eigenvalue weighted by Gasteiger charge is -2.05. The van der Waals surface area contributed by atoms with Gasteiger partial charge in [0.1, 0.15) is 5.75 Å². The number of carbonyl (C=O) groups is 2. The average molecular weight is 485 g/mol. The molecule has 0 spiro atoms. The lowest BCUT2D eigenvalue weighted by Crippen LogP contribution is -2.16. The number of halogens is 1. The van der Waals surface area contributed by atoms with Crippen LogP contribution in [-0.2, 0) is 4.79 Å². The van der Waals surface area contributed by atoms with E-state index in [1.807, 2.05) is 0 Å². The highest BCUT2D eigenvalue weighted by atomic mass is 35.5. The Morgan fingerprint density at radius 1 is 0.882 bits per heavy atom. The zero-order chi connectivity index (χ0) is 24.4. The van der Waals surface area contributed by atoms with Crippen molar-refractivity contribution in [2.75, 3.05) is 0 Å². The molecule has 2 aromatic carbocycles. The fourth-order valence-electron chi connectivity index (χ4n) is 3.59. The highest BCUT2D eigenvalue weighted by molar-refractivity contribution is 6.30. The zero-order valence-electron chi connectivity index (χ0n) is 20.2. The van der Waals surface area contributed by atoms with E-state index < -0.39 is 5.97 Å². The van der Waals surface area contributed by atoms with Gasteiger partial charge in [0, 0.05) is 11.4 Å². The fourth-order valence-corrected chi connectivity index (χ4v) is 3.78. The van der Waals surface area contributed by atoms with Crippen molar-refractivity contribution in [3.63, 3.8) is 0 Å². The minimum absolute atomic E-state index is 0.0701. The second-order valence-electron chi connectivity index (χ2n) is 8.55. The van der Waals surface area contributed by atoms with Gasteiger partial charge >= 0.3 is 5.97 Å². The molecular formula is C28H37ClN2O3. The number of carbonyl (C=O) groups excluding carboxylic acids is 2. The summed E-state index contributed by atoms with van der Waals surface area (Å²) in [6.07, 6.45) is 15.9. The number of unbranched alkanes of at least 4 members (excludes halogenated alkanes) is 10. The molecule has 0 aliphatic carbocycles. The van der Waals surface area contributed by atoms with E-state index >= 15 is 0 Å². The first-order chi connectivity index (χ1) is 16.6. The van der Waals surface area contributed by atoms with E-state index in [1.165, 1.54) is 57.8 Å². The second kappa shape index (κ2) is 16.9. The van der Waals surface area contributed by atoms with Crippen LogP contribution < -0.4 is 10.2 Å². The van der Waals surface area contributed by atoms with Crippen molar-refractivity contribution >= 4 is 29.7 Å². The molecule has 0 heterocycles. The monoisotopic (exact) mass is 484 g/mol. The van der Waals surface area contributed by atoms with Gasteiger partial charge < -0.3 is 4.74 Å². The Labute approximate surface area is 208 Å². The maximum Gasteiger partial charge on any atom is 0.343 e. The highest BCUT2D eigenvalue weighted by Crippen LogP contribution is 2.16. The molecule has 1 amide bonds. The van der Waals surface area contributed by atoms with Gasteiger partial charge in [-0.1, -0.05) is 88.8 Å². The van der Waals surface area contributed by atoms with Crippen LogP contribution in [0.3, 0.4) is 0 Å². The maximum absolute atomic E-state index is 12.2.